The van der Waals surface area contributed by atoms with Gasteiger partial charge in [-0.1, -0.05) is 0 Å². The predicted molar refractivity (Wildman–Crippen MR) is 52.0 cm³/mol. The number of carbonyl (C=O) groups excluding carboxylic acids is 2. The van der Waals surface area contributed by atoms with Crippen molar-refractivity contribution in [2.45, 2.75) is 25.2 Å². The van der Waals surface area contributed by atoms with Crippen LogP contribution in [0, 0.1) is 0 Å². The summed E-state index contributed by atoms with van der Waals surface area (Å²) >= 11 is 0. The minimum atomic E-state index is -5.75. The highest BCUT2D eigenvalue weighted by Gasteiger charge is 2.43. The lowest BCUT2D eigenvalue weighted by molar-refractivity contribution is -0.167. The molecule has 0 aromatic carbocycles. The lowest BCUT2D eigenvalue weighted by Crippen LogP contribution is -2.21. The Balaban J connectivity index is 4.76. The molecule has 0 fully saturated rings. The summed E-state index contributed by atoms with van der Waals surface area (Å²) in [6.45, 7) is 0. The Bertz CT molecular complexity index is 499. The minimum absolute atomic E-state index is 1.44. The number of rotatable bonds is 5. The SMILES string of the molecule is O=C(CCC(=O)OC(=C(F)F)C(F)(F)F)OC(=C(F)F)C(F)(F)F. The van der Waals surface area contributed by atoms with Crippen LogP contribution in [0.25, 0.3) is 0 Å². The fourth-order valence-corrected chi connectivity index (χ4v) is 0.941. The van der Waals surface area contributed by atoms with Crippen molar-refractivity contribution >= 4 is 11.9 Å². The zero-order valence-corrected chi connectivity index (χ0v) is 10.8. The molecule has 0 rings (SSSR count). The number of hydrogen-bond donors (Lipinski definition) is 0. The van der Waals surface area contributed by atoms with Gasteiger partial charge < -0.3 is 9.47 Å². The van der Waals surface area contributed by atoms with E-state index in [1.54, 1.807) is 0 Å². The Labute approximate surface area is 125 Å². The van der Waals surface area contributed by atoms with Crippen molar-refractivity contribution in [3.05, 3.63) is 23.7 Å². The van der Waals surface area contributed by atoms with Crippen LogP contribution >= 0.6 is 0 Å². The molecule has 0 unspecified atom stereocenters. The summed E-state index contributed by atoms with van der Waals surface area (Å²) in [4.78, 5) is 21.7. The molecule has 138 valence electrons. The van der Waals surface area contributed by atoms with Gasteiger partial charge in [-0.3, -0.25) is 9.59 Å². The van der Waals surface area contributed by atoms with Crippen LogP contribution in [0.1, 0.15) is 12.8 Å². The van der Waals surface area contributed by atoms with E-state index in [-0.39, 0.29) is 0 Å². The number of halogens is 10. The maximum atomic E-state index is 12.0. The Morgan fingerprint density at radius 3 is 1.04 bits per heavy atom. The molecular formula is C10H4F10O4. The number of esters is 2. The van der Waals surface area contributed by atoms with Gasteiger partial charge in [-0.2, -0.15) is 43.9 Å². The van der Waals surface area contributed by atoms with Gasteiger partial charge in [0, 0.05) is 0 Å². The second-order valence-electron chi connectivity index (χ2n) is 3.62. The standard InChI is InChI=1S/C10H4F10O4/c11-7(12)5(9(15,16)17)23-3(21)1-2-4(22)24-6(8(13)14)10(18,19)20/h1-2H2. The molecule has 0 N–H and O–H groups in total. The highest BCUT2D eigenvalue weighted by molar-refractivity contribution is 5.78. The fourth-order valence-electron chi connectivity index (χ4n) is 0.941. The minimum Gasteiger partial charge on any atom is -0.415 e. The van der Waals surface area contributed by atoms with Crippen molar-refractivity contribution in [3.8, 4) is 0 Å². The molecule has 0 bridgehead atoms. The van der Waals surface area contributed by atoms with Gasteiger partial charge in [0.05, 0.1) is 12.8 Å². The Morgan fingerprint density at radius 1 is 0.625 bits per heavy atom. The van der Waals surface area contributed by atoms with Crippen LogP contribution in [0.15, 0.2) is 23.7 Å². The highest BCUT2D eigenvalue weighted by Crippen LogP contribution is 2.32. The van der Waals surface area contributed by atoms with E-state index in [9.17, 15) is 53.5 Å². The van der Waals surface area contributed by atoms with Crippen molar-refractivity contribution in [1.82, 2.24) is 0 Å². The molecule has 0 saturated carbocycles. The summed E-state index contributed by atoms with van der Waals surface area (Å²) in [7, 11) is 0. The quantitative estimate of drug-likeness (QED) is 0.409. The Morgan fingerprint density at radius 2 is 0.875 bits per heavy atom. The molecule has 14 heteroatoms. The van der Waals surface area contributed by atoms with Crippen molar-refractivity contribution in [2.75, 3.05) is 0 Å². The summed E-state index contributed by atoms with van der Waals surface area (Å²) in [6.07, 6.45) is -21.2. The van der Waals surface area contributed by atoms with Gasteiger partial charge >= 0.3 is 36.5 Å². The average Bonchev–Trinajstić information content (AvgIpc) is 2.36. The van der Waals surface area contributed by atoms with E-state index in [1.165, 1.54) is 0 Å². The summed E-state index contributed by atoms with van der Waals surface area (Å²) in [5.41, 5.74) is 0. The second-order valence-corrected chi connectivity index (χ2v) is 3.62. The summed E-state index contributed by atoms with van der Waals surface area (Å²) in [5, 5.41) is 0. The number of hydrogen-bond acceptors (Lipinski definition) is 4. The van der Waals surface area contributed by atoms with E-state index in [1.807, 2.05) is 0 Å². The largest absolute Gasteiger partial charge is 0.455 e. The van der Waals surface area contributed by atoms with E-state index >= 15 is 0 Å². The predicted octanol–water partition coefficient (Wildman–Crippen LogP) is 4.19. The van der Waals surface area contributed by atoms with Crippen molar-refractivity contribution in [2.24, 2.45) is 0 Å². The van der Waals surface area contributed by atoms with Gasteiger partial charge in [-0.15, -0.1) is 0 Å². The third-order valence-electron chi connectivity index (χ3n) is 1.82. The van der Waals surface area contributed by atoms with Gasteiger partial charge in [0.1, 0.15) is 0 Å². The summed E-state index contributed by atoms with van der Waals surface area (Å²) in [5.74, 6) is -10.1. The molecule has 0 spiro atoms. The van der Waals surface area contributed by atoms with Crippen LogP contribution in [0.2, 0.25) is 0 Å². The number of ether oxygens (including phenoxy) is 2. The van der Waals surface area contributed by atoms with Crippen molar-refractivity contribution < 1.29 is 63.0 Å². The maximum Gasteiger partial charge on any atom is 0.455 e. The van der Waals surface area contributed by atoms with Crippen molar-refractivity contribution in [3.63, 3.8) is 0 Å². The van der Waals surface area contributed by atoms with Gasteiger partial charge in [0.25, 0.3) is 11.5 Å². The van der Waals surface area contributed by atoms with E-state index in [4.69, 9.17) is 0 Å². The lowest BCUT2D eigenvalue weighted by atomic mass is 10.3. The highest BCUT2D eigenvalue weighted by atomic mass is 19.4. The Kier molecular flexibility index (Phi) is 7.25. The topological polar surface area (TPSA) is 52.6 Å². The van der Waals surface area contributed by atoms with E-state index in [0.29, 0.717) is 0 Å². The molecule has 4 nitrogen and oxygen atoms in total. The number of carbonyl (C=O) groups is 2. The smallest absolute Gasteiger partial charge is 0.415 e. The second kappa shape index (κ2) is 8.01. The van der Waals surface area contributed by atoms with Crippen LogP contribution in [0.3, 0.4) is 0 Å². The third-order valence-corrected chi connectivity index (χ3v) is 1.82. The third kappa shape index (κ3) is 7.32. The first-order chi connectivity index (χ1) is 10.7. The van der Waals surface area contributed by atoms with E-state index in [0.717, 1.165) is 0 Å². The van der Waals surface area contributed by atoms with Crippen LogP contribution in [-0.4, -0.2) is 24.3 Å². The van der Waals surface area contributed by atoms with Crippen LogP contribution in [0.4, 0.5) is 43.9 Å². The maximum absolute atomic E-state index is 12.0. The van der Waals surface area contributed by atoms with Gasteiger partial charge in [0.2, 0.25) is 0 Å². The molecule has 0 atom stereocenters. The van der Waals surface area contributed by atoms with Crippen molar-refractivity contribution in [1.29, 1.82) is 0 Å². The zero-order valence-electron chi connectivity index (χ0n) is 10.8. The normalized spacial score (nSPS) is 11.6. The first kappa shape index (κ1) is 21.7. The van der Waals surface area contributed by atoms with Crippen LogP contribution in [-0.2, 0) is 19.1 Å². The Hall–Kier alpha value is -2.28. The van der Waals surface area contributed by atoms with Gasteiger partial charge in [-0.25, -0.2) is 0 Å². The molecule has 0 heterocycles. The van der Waals surface area contributed by atoms with Crippen LogP contribution < -0.4 is 0 Å². The molecule has 0 aliphatic carbocycles. The first-order valence-corrected chi connectivity index (χ1v) is 5.32. The van der Waals surface area contributed by atoms with E-state index < -0.39 is 60.8 Å². The van der Waals surface area contributed by atoms with Crippen LogP contribution in [0.5, 0.6) is 0 Å². The molecular weight excluding hydrogens is 374 g/mol. The molecule has 0 saturated heterocycles. The molecule has 0 aromatic heterocycles. The van der Waals surface area contributed by atoms with E-state index in [2.05, 4.69) is 9.47 Å². The first-order valence-electron chi connectivity index (χ1n) is 5.32. The molecule has 0 radical (unpaired) electrons. The van der Waals surface area contributed by atoms with Gasteiger partial charge in [0.15, 0.2) is 0 Å². The summed E-state index contributed by atoms with van der Waals surface area (Å²) in [6, 6.07) is 0. The van der Waals surface area contributed by atoms with Gasteiger partial charge in [-0.05, 0) is 0 Å². The summed E-state index contributed by atoms with van der Waals surface area (Å²) < 4.78 is 126. The monoisotopic (exact) mass is 378 g/mol. The molecule has 0 aliphatic heterocycles. The number of alkyl halides is 6. The number of allylic oxidation sites excluding steroid dienone is 2. The average molecular weight is 378 g/mol. The molecule has 0 amide bonds. The molecule has 0 aliphatic rings. The lowest BCUT2D eigenvalue weighted by Gasteiger charge is -2.11. The fraction of sp³-hybridized carbons (Fsp3) is 0.400. The zero-order chi connectivity index (χ0) is 19.3. The molecule has 24 heavy (non-hydrogen) atoms. The molecule has 0 aromatic rings.